The first kappa shape index (κ1) is 13.1. The molecule has 3 rings (SSSR count). The van der Waals surface area contributed by atoms with Crippen LogP contribution in [0.15, 0.2) is 6.07 Å². The third-order valence-electron chi connectivity index (χ3n) is 4.40. The molecule has 1 aromatic heterocycles. The second kappa shape index (κ2) is 5.24. The van der Waals surface area contributed by atoms with E-state index in [1.165, 1.54) is 5.56 Å². The number of nitrogens with zero attached hydrogens (tertiary/aromatic N) is 3. The zero-order chi connectivity index (χ0) is 14.1. The van der Waals surface area contributed by atoms with Gasteiger partial charge in [-0.25, -0.2) is 4.98 Å². The van der Waals surface area contributed by atoms with Crippen molar-refractivity contribution in [1.29, 1.82) is 5.26 Å². The molecule has 1 aliphatic carbocycles. The van der Waals surface area contributed by atoms with Crippen LogP contribution in [0, 0.1) is 11.3 Å². The molecule has 104 valence electrons. The minimum atomic E-state index is -0.109. The van der Waals surface area contributed by atoms with Gasteiger partial charge in [0.25, 0.3) is 0 Å². The maximum Gasteiger partial charge on any atom is 0.152 e. The van der Waals surface area contributed by atoms with Crippen LogP contribution >= 0.6 is 0 Å². The summed E-state index contributed by atoms with van der Waals surface area (Å²) in [6, 6.07) is 4.14. The number of Topliss-reactive ketones (excluding diaryl/α,β-unsaturated/α-hetero) is 1. The van der Waals surface area contributed by atoms with Gasteiger partial charge in [-0.1, -0.05) is 0 Å². The van der Waals surface area contributed by atoms with Crippen molar-refractivity contribution in [2.45, 2.75) is 51.5 Å². The SMILES string of the molecule is CC(=O)C1CCCCN1c1nc2c(cc1C#N)CCC2. The summed E-state index contributed by atoms with van der Waals surface area (Å²) in [6.07, 6.45) is 6.15. The first-order valence-corrected chi connectivity index (χ1v) is 7.40. The molecule has 1 unspecified atom stereocenters. The highest BCUT2D eigenvalue weighted by atomic mass is 16.1. The molecule has 20 heavy (non-hydrogen) atoms. The summed E-state index contributed by atoms with van der Waals surface area (Å²) in [6.45, 7) is 2.47. The molecule has 1 aromatic rings. The molecule has 1 saturated heterocycles. The van der Waals surface area contributed by atoms with Crippen molar-refractivity contribution in [1.82, 2.24) is 4.98 Å². The van der Waals surface area contributed by atoms with Crippen molar-refractivity contribution in [2.75, 3.05) is 11.4 Å². The number of rotatable bonds is 2. The van der Waals surface area contributed by atoms with Gasteiger partial charge in [0.05, 0.1) is 11.6 Å². The van der Waals surface area contributed by atoms with Gasteiger partial charge < -0.3 is 4.90 Å². The average molecular weight is 269 g/mol. The Morgan fingerprint density at radius 2 is 2.25 bits per heavy atom. The molecule has 0 amide bonds. The lowest BCUT2D eigenvalue weighted by molar-refractivity contribution is -0.118. The standard InChI is InChI=1S/C16H19N3O/c1-11(20)15-7-2-3-8-19(15)16-13(10-17)9-12-5-4-6-14(12)18-16/h9,15H,2-8H2,1H3. The van der Waals surface area contributed by atoms with Crippen molar-refractivity contribution in [3.05, 3.63) is 22.9 Å². The highest BCUT2D eigenvalue weighted by Gasteiger charge is 2.30. The third kappa shape index (κ3) is 2.18. The van der Waals surface area contributed by atoms with E-state index < -0.39 is 0 Å². The van der Waals surface area contributed by atoms with Crippen LogP contribution in [0.4, 0.5) is 5.82 Å². The molecular weight excluding hydrogens is 250 g/mol. The number of piperidine rings is 1. The van der Waals surface area contributed by atoms with E-state index in [1.807, 2.05) is 6.07 Å². The summed E-state index contributed by atoms with van der Waals surface area (Å²) in [5.41, 5.74) is 2.95. The van der Waals surface area contributed by atoms with Crippen LogP contribution in [0.2, 0.25) is 0 Å². The highest BCUT2D eigenvalue weighted by molar-refractivity contribution is 5.85. The zero-order valence-electron chi connectivity index (χ0n) is 11.9. The fraction of sp³-hybridized carbons (Fsp3) is 0.562. The number of pyridine rings is 1. The number of anilines is 1. The number of fused-ring (bicyclic) bond motifs is 1. The maximum absolute atomic E-state index is 11.9. The number of hydrogen-bond donors (Lipinski definition) is 0. The summed E-state index contributed by atoms with van der Waals surface area (Å²) < 4.78 is 0. The van der Waals surface area contributed by atoms with Crippen LogP contribution in [-0.4, -0.2) is 23.4 Å². The van der Waals surface area contributed by atoms with Crippen molar-refractivity contribution in [2.24, 2.45) is 0 Å². The Balaban J connectivity index is 2.04. The Labute approximate surface area is 119 Å². The van der Waals surface area contributed by atoms with Gasteiger partial charge in [0, 0.05) is 12.2 Å². The van der Waals surface area contributed by atoms with Gasteiger partial charge in [0.2, 0.25) is 0 Å². The summed E-state index contributed by atoms with van der Waals surface area (Å²) in [5.74, 6) is 0.906. The van der Waals surface area contributed by atoms with Crippen LogP contribution in [0.5, 0.6) is 0 Å². The van der Waals surface area contributed by atoms with Crippen molar-refractivity contribution in [3.8, 4) is 6.07 Å². The second-order valence-electron chi connectivity index (χ2n) is 5.75. The lowest BCUT2D eigenvalue weighted by Crippen LogP contribution is -2.44. The van der Waals surface area contributed by atoms with Gasteiger partial charge in [-0.15, -0.1) is 0 Å². The number of nitriles is 1. The van der Waals surface area contributed by atoms with E-state index in [2.05, 4.69) is 11.0 Å². The molecule has 4 heteroatoms. The predicted molar refractivity (Wildman–Crippen MR) is 76.6 cm³/mol. The summed E-state index contributed by atoms with van der Waals surface area (Å²) in [5, 5.41) is 9.40. The molecule has 0 N–H and O–H groups in total. The molecule has 2 aliphatic rings. The minimum absolute atomic E-state index is 0.109. The average Bonchev–Trinajstić information content (AvgIpc) is 2.93. The topological polar surface area (TPSA) is 57.0 Å². The Hall–Kier alpha value is -1.89. The Morgan fingerprint density at radius 3 is 3.00 bits per heavy atom. The van der Waals surface area contributed by atoms with Crippen LogP contribution in [0.25, 0.3) is 0 Å². The molecular formula is C16H19N3O. The van der Waals surface area contributed by atoms with Gasteiger partial charge in [-0.3, -0.25) is 4.79 Å². The van der Waals surface area contributed by atoms with Crippen molar-refractivity contribution in [3.63, 3.8) is 0 Å². The van der Waals surface area contributed by atoms with E-state index in [0.29, 0.717) is 5.56 Å². The molecule has 1 aliphatic heterocycles. The van der Waals surface area contributed by atoms with Gasteiger partial charge in [-0.05, 0) is 57.1 Å². The van der Waals surface area contributed by atoms with Crippen LogP contribution in [0.1, 0.15) is 49.4 Å². The summed E-state index contributed by atoms with van der Waals surface area (Å²) >= 11 is 0. The smallest absolute Gasteiger partial charge is 0.152 e. The van der Waals surface area contributed by atoms with Crippen LogP contribution in [0.3, 0.4) is 0 Å². The summed E-state index contributed by atoms with van der Waals surface area (Å²) in [7, 11) is 0. The van der Waals surface area contributed by atoms with Crippen molar-refractivity contribution >= 4 is 11.6 Å². The summed E-state index contributed by atoms with van der Waals surface area (Å²) in [4.78, 5) is 18.7. The fourth-order valence-corrected chi connectivity index (χ4v) is 3.37. The number of hydrogen-bond acceptors (Lipinski definition) is 4. The Kier molecular flexibility index (Phi) is 3.43. The maximum atomic E-state index is 11.9. The number of aromatic nitrogens is 1. The predicted octanol–water partition coefficient (Wildman–Crippen LogP) is 2.39. The van der Waals surface area contributed by atoms with E-state index in [9.17, 15) is 10.1 Å². The van der Waals surface area contributed by atoms with Gasteiger partial charge in [-0.2, -0.15) is 5.26 Å². The Morgan fingerprint density at radius 1 is 1.40 bits per heavy atom. The number of aryl methyl sites for hydroxylation is 2. The van der Waals surface area contributed by atoms with E-state index in [0.717, 1.165) is 56.6 Å². The van der Waals surface area contributed by atoms with Gasteiger partial charge in [0.1, 0.15) is 11.9 Å². The fourth-order valence-electron chi connectivity index (χ4n) is 3.37. The second-order valence-corrected chi connectivity index (χ2v) is 5.75. The lowest BCUT2D eigenvalue weighted by Gasteiger charge is -2.35. The minimum Gasteiger partial charge on any atom is -0.345 e. The number of carbonyl (C=O) groups excluding carboxylic acids is 1. The largest absolute Gasteiger partial charge is 0.345 e. The molecule has 0 radical (unpaired) electrons. The number of carbonyl (C=O) groups is 1. The van der Waals surface area contributed by atoms with Crippen molar-refractivity contribution < 1.29 is 4.79 Å². The molecule has 1 atom stereocenters. The van der Waals surface area contributed by atoms with E-state index in [-0.39, 0.29) is 11.8 Å². The van der Waals surface area contributed by atoms with Gasteiger partial charge >= 0.3 is 0 Å². The van der Waals surface area contributed by atoms with Crippen LogP contribution in [-0.2, 0) is 17.6 Å². The van der Waals surface area contributed by atoms with Gasteiger partial charge in [0.15, 0.2) is 5.78 Å². The molecule has 2 heterocycles. The molecule has 0 saturated carbocycles. The number of ketones is 1. The molecule has 4 nitrogen and oxygen atoms in total. The normalized spacial score (nSPS) is 21.4. The van der Waals surface area contributed by atoms with E-state index in [4.69, 9.17) is 4.98 Å². The molecule has 1 fully saturated rings. The monoisotopic (exact) mass is 269 g/mol. The third-order valence-corrected chi connectivity index (χ3v) is 4.40. The first-order chi connectivity index (χ1) is 9.70. The van der Waals surface area contributed by atoms with E-state index >= 15 is 0 Å². The molecule has 0 bridgehead atoms. The Bertz CT molecular complexity index is 588. The molecule has 0 aromatic carbocycles. The van der Waals surface area contributed by atoms with Crippen LogP contribution < -0.4 is 4.90 Å². The molecule has 0 spiro atoms. The highest BCUT2D eigenvalue weighted by Crippen LogP contribution is 2.31. The van der Waals surface area contributed by atoms with E-state index in [1.54, 1.807) is 6.92 Å². The lowest BCUT2D eigenvalue weighted by atomic mass is 9.98. The quantitative estimate of drug-likeness (QED) is 0.827. The first-order valence-electron chi connectivity index (χ1n) is 7.40. The zero-order valence-corrected chi connectivity index (χ0v) is 11.9.